The van der Waals surface area contributed by atoms with Gasteiger partial charge in [-0.3, -0.25) is 0 Å². The van der Waals surface area contributed by atoms with Crippen LogP contribution in [0.4, 0.5) is 0 Å². The van der Waals surface area contributed by atoms with Gasteiger partial charge in [0.1, 0.15) is 0 Å². The van der Waals surface area contributed by atoms with Crippen LogP contribution < -0.4 is 0 Å². The summed E-state index contributed by atoms with van der Waals surface area (Å²) in [5, 5.41) is 1.90. The zero-order chi connectivity index (χ0) is 6.27. The molecule has 0 radical (unpaired) electrons. The molecule has 1 nitrogen and oxygen atoms in total. The van der Waals surface area contributed by atoms with E-state index in [2.05, 4.69) is 6.92 Å². The maximum atomic E-state index is 5.37. The highest BCUT2D eigenvalue weighted by Gasteiger charge is 2.28. The molecule has 2 aliphatic heterocycles. The molecule has 0 spiro atoms. The second-order valence-electron chi connectivity index (χ2n) is 2.23. The first-order chi connectivity index (χ1) is 4.38. The third-order valence-electron chi connectivity index (χ3n) is 1.63. The van der Waals surface area contributed by atoms with Crippen LogP contribution in [0.15, 0.2) is 10.7 Å². The van der Waals surface area contributed by atoms with Crippen LogP contribution >= 0.6 is 21.6 Å². The molecule has 1 unspecified atom stereocenters. The van der Waals surface area contributed by atoms with Crippen LogP contribution in [0.2, 0.25) is 0 Å². The fourth-order valence-corrected chi connectivity index (χ4v) is 3.74. The Labute approximate surface area is 62.6 Å². The quantitative estimate of drug-likeness (QED) is 0.504. The van der Waals surface area contributed by atoms with Crippen molar-refractivity contribution in [3.63, 3.8) is 0 Å². The average Bonchev–Trinajstić information content (AvgIpc) is 2.35. The first-order valence-electron chi connectivity index (χ1n) is 3.07. The Morgan fingerprint density at radius 3 is 3.33 bits per heavy atom. The minimum Gasteiger partial charge on any atom is -0.486 e. The first kappa shape index (κ1) is 5.98. The van der Waals surface area contributed by atoms with Gasteiger partial charge in [-0.2, -0.15) is 0 Å². The minimum atomic E-state index is 0.701. The number of ether oxygens (including phenoxy) is 1. The Morgan fingerprint density at radius 2 is 2.56 bits per heavy atom. The Bertz CT molecular complexity index is 164. The molecule has 50 valence electrons. The molecule has 2 aliphatic rings. The predicted octanol–water partition coefficient (Wildman–Crippen LogP) is 2.40. The molecule has 9 heavy (non-hydrogen) atoms. The van der Waals surface area contributed by atoms with Crippen molar-refractivity contribution < 1.29 is 4.74 Å². The lowest BCUT2D eigenvalue weighted by Gasteiger charge is -2.00. The minimum absolute atomic E-state index is 0.701. The van der Waals surface area contributed by atoms with E-state index in [1.54, 1.807) is 10.8 Å². The summed E-state index contributed by atoms with van der Waals surface area (Å²) in [6, 6.07) is 0. The van der Waals surface area contributed by atoms with Crippen LogP contribution in [0, 0.1) is 0 Å². The van der Waals surface area contributed by atoms with E-state index in [1.165, 1.54) is 10.7 Å². The molecule has 0 aromatic carbocycles. The van der Waals surface area contributed by atoms with E-state index in [0.717, 1.165) is 13.0 Å². The van der Waals surface area contributed by atoms with Gasteiger partial charge >= 0.3 is 0 Å². The number of hydrogen-bond donors (Lipinski definition) is 0. The first-order valence-corrected chi connectivity index (χ1v) is 5.28. The molecule has 0 saturated heterocycles. The van der Waals surface area contributed by atoms with E-state index < -0.39 is 0 Å². The lowest BCUT2D eigenvalue weighted by molar-refractivity contribution is 0.272. The summed E-state index contributed by atoms with van der Waals surface area (Å²) >= 11 is 0. The summed E-state index contributed by atoms with van der Waals surface area (Å²) in [7, 11) is 3.70. The maximum Gasteiger partial charge on any atom is 0.164 e. The predicted molar refractivity (Wildman–Crippen MR) is 42.2 cm³/mol. The van der Waals surface area contributed by atoms with Crippen molar-refractivity contribution in [2.75, 3.05) is 6.61 Å². The molecule has 0 fully saturated rings. The van der Waals surface area contributed by atoms with Gasteiger partial charge in [-0.1, -0.05) is 10.8 Å². The summed E-state index contributed by atoms with van der Waals surface area (Å²) in [6.07, 6.45) is 1.16. The summed E-state index contributed by atoms with van der Waals surface area (Å²) in [5.41, 5.74) is 1.53. The van der Waals surface area contributed by atoms with Gasteiger partial charge < -0.3 is 4.74 Å². The standard InChI is InChI=1S/C6H8OS2/c1-4-5-2-3-7-6(5)9-8-4/h4H,2-3H2,1H3. The number of rotatable bonds is 0. The van der Waals surface area contributed by atoms with E-state index in [9.17, 15) is 0 Å². The smallest absolute Gasteiger partial charge is 0.164 e. The average molecular weight is 160 g/mol. The molecule has 0 amide bonds. The van der Waals surface area contributed by atoms with E-state index in [1.807, 2.05) is 10.8 Å². The van der Waals surface area contributed by atoms with Gasteiger partial charge in [0.15, 0.2) is 5.09 Å². The van der Waals surface area contributed by atoms with Gasteiger partial charge in [0.05, 0.1) is 6.61 Å². The van der Waals surface area contributed by atoms with Crippen LogP contribution in [0.5, 0.6) is 0 Å². The van der Waals surface area contributed by atoms with E-state index in [4.69, 9.17) is 4.74 Å². The maximum absolute atomic E-state index is 5.37. The zero-order valence-corrected chi connectivity index (χ0v) is 6.85. The topological polar surface area (TPSA) is 9.23 Å². The van der Waals surface area contributed by atoms with Crippen molar-refractivity contribution >= 4 is 21.6 Å². The highest BCUT2D eigenvalue weighted by atomic mass is 33.1. The fraction of sp³-hybridized carbons (Fsp3) is 0.667. The van der Waals surface area contributed by atoms with Gasteiger partial charge in [-0.15, -0.1) is 0 Å². The Hall–Kier alpha value is 0.240. The summed E-state index contributed by atoms with van der Waals surface area (Å²) in [5.74, 6) is 0. The molecule has 0 bridgehead atoms. The SMILES string of the molecule is CC1SSC2=C1CCO2. The molecule has 3 heteroatoms. The van der Waals surface area contributed by atoms with Crippen LogP contribution in [-0.2, 0) is 4.74 Å². The monoisotopic (exact) mass is 160 g/mol. The zero-order valence-electron chi connectivity index (χ0n) is 5.22. The van der Waals surface area contributed by atoms with Crippen molar-refractivity contribution in [3.05, 3.63) is 10.7 Å². The molecule has 2 rings (SSSR count). The highest BCUT2D eigenvalue weighted by Crippen LogP contribution is 2.50. The van der Waals surface area contributed by atoms with Crippen LogP contribution in [0.25, 0.3) is 0 Å². The van der Waals surface area contributed by atoms with Crippen LogP contribution in [0.3, 0.4) is 0 Å². The van der Waals surface area contributed by atoms with Gasteiger partial charge in [-0.25, -0.2) is 0 Å². The van der Waals surface area contributed by atoms with Crippen molar-refractivity contribution in [2.24, 2.45) is 0 Å². The normalized spacial score (nSPS) is 32.8. The fourth-order valence-electron chi connectivity index (χ4n) is 1.07. The van der Waals surface area contributed by atoms with Crippen molar-refractivity contribution in [1.29, 1.82) is 0 Å². The van der Waals surface area contributed by atoms with Crippen molar-refractivity contribution in [2.45, 2.75) is 18.6 Å². The van der Waals surface area contributed by atoms with Crippen LogP contribution in [-0.4, -0.2) is 11.9 Å². The van der Waals surface area contributed by atoms with E-state index in [-0.39, 0.29) is 0 Å². The van der Waals surface area contributed by atoms with Gasteiger partial charge in [0.25, 0.3) is 0 Å². The van der Waals surface area contributed by atoms with E-state index in [0.29, 0.717) is 5.25 Å². The number of hydrogen-bond acceptors (Lipinski definition) is 3. The van der Waals surface area contributed by atoms with Gasteiger partial charge in [0, 0.05) is 11.7 Å². The molecule has 1 atom stereocenters. The Balaban J connectivity index is 2.24. The summed E-state index contributed by atoms with van der Waals surface area (Å²) < 4.78 is 5.37. The molecular formula is C6H8OS2. The molecule has 0 aliphatic carbocycles. The summed E-state index contributed by atoms with van der Waals surface area (Å²) in [4.78, 5) is 0. The Morgan fingerprint density at radius 1 is 1.67 bits per heavy atom. The van der Waals surface area contributed by atoms with Gasteiger partial charge in [-0.05, 0) is 23.3 Å². The largest absolute Gasteiger partial charge is 0.486 e. The second kappa shape index (κ2) is 2.13. The Kier molecular flexibility index (Phi) is 1.42. The second-order valence-corrected chi connectivity index (χ2v) is 4.75. The third-order valence-corrected chi connectivity index (χ3v) is 4.44. The molecular weight excluding hydrogens is 152 g/mol. The van der Waals surface area contributed by atoms with E-state index >= 15 is 0 Å². The van der Waals surface area contributed by atoms with Crippen molar-refractivity contribution in [1.82, 2.24) is 0 Å². The third kappa shape index (κ3) is 0.867. The molecule has 0 aromatic rings. The molecule has 0 aromatic heterocycles. The van der Waals surface area contributed by atoms with Crippen molar-refractivity contribution in [3.8, 4) is 0 Å². The van der Waals surface area contributed by atoms with Gasteiger partial charge in [0.2, 0.25) is 0 Å². The highest BCUT2D eigenvalue weighted by molar-refractivity contribution is 8.78. The lowest BCUT2D eigenvalue weighted by Crippen LogP contribution is -1.93. The molecule has 0 saturated carbocycles. The molecule has 2 heterocycles. The summed E-state index contributed by atoms with van der Waals surface area (Å²) in [6.45, 7) is 3.16. The lowest BCUT2D eigenvalue weighted by atomic mass is 10.2. The molecule has 0 N–H and O–H groups in total. The van der Waals surface area contributed by atoms with Crippen LogP contribution in [0.1, 0.15) is 13.3 Å².